The lowest BCUT2D eigenvalue weighted by molar-refractivity contribution is -0.133. The van der Waals surface area contributed by atoms with E-state index in [1.54, 1.807) is 11.8 Å². The molecule has 2 heterocycles. The van der Waals surface area contributed by atoms with Crippen molar-refractivity contribution in [3.63, 3.8) is 0 Å². The molecule has 0 unspecified atom stereocenters. The van der Waals surface area contributed by atoms with Crippen molar-refractivity contribution in [2.24, 2.45) is 7.05 Å². The zero-order chi connectivity index (χ0) is 18.2. The number of fused-ring (bicyclic) bond motifs is 1. The van der Waals surface area contributed by atoms with Crippen LogP contribution in [0.4, 0.5) is 0 Å². The Kier molecular flexibility index (Phi) is 4.83. The van der Waals surface area contributed by atoms with Crippen LogP contribution in [0.5, 0.6) is 0 Å². The van der Waals surface area contributed by atoms with Gasteiger partial charge in [0.15, 0.2) is 0 Å². The summed E-state index contributed by atoms with van der Waals surface area (Å²) in [7, 11) is -1.36. The Morgan fingerprint density at radius 3 is 2.52 bits per heavy atom. The number of para-hydroxylation sites is 2. The summed E-state index contributed by atoms with van der Waals surface area (Å²) in [5.74, 6) is 1.18. The van der Waals surface area contributed by atoms with E-state index in [9.17, 15) is 13.2 Å². The van der Waals surface area contributed by atoms with Gasteiger partial charge in [0, 0.05) is 26.1 Å². The maximum atomic E-state index is 12.4. The highest BCUT2D eigenvalue weighted by molar-refractivity contribution is 7.88. The average Bonchev–Trinajstić information content (AvgIpc) is 2.90. The predicted molar refractivity (Wildman–Crippen MR) is 96.7 cm³/mol. The van der Waals surface area contributed by atoms with Crippen molar-refractivity contribution in [3.05, 3.63) is 30.1 Å². The van der Waals surface area contributed by atoms with Crippen molar-refractivity contribution >= 4 is 27.0 Å². The summed E-state index contributed by atoms with van der Waals surface area (Å²) in [6.07, 6.45) is 2.72. The zero-order valence-electron chi connectivity index (χ0n) is 14.8. The number of nitrogens with one attached hydrogen (secondary N) is 1. The van der Waals surface area contributed by atoms with Crippen molar-refractivity contribution in [2.45, 2.75) is 31.7 Å². The first-order valence-electron chi connectivity index (χ1n) is 8.43. The number of likely N-dealkylation sites (tertiary alicyclic amines) is 1. The van der Waals surface area contributed by atoms with Gasteiger partial charge < -0.3 is 9.47 Å². The quantitative estimate of drug-likeness (QED) is 0.884. The average molecular weight is 364 g/mol. The number of aryl methyl sites for hydroxylation is 1. The second-order valence-electron chi connectivity index (χ2n) is 6.73. The SMILES string of the molecule is C[C@@H](NS(C)(=O)=O)C(=O)N1CCC(c2nc3ccccc3n2C)CC1. The second kappa shape index (κ2) is 6.76. The Bertz CT molecular complexity index is 882. The molecule has 1 fully saturated rings. The van der Waals surface area contributed by atoms with E-state index < -0.39 is 16.1 Å². The summed E-state index contributed by atoms with van der Waals surface area (Å²) in [6.45, 7) is 2.81. The molecule has 1 aromatic carbocycles. The van der Waals surface area contributed by atoms with Gasteiger partial charge in [-0.15, -0.1) is 0 Å². The highest BCUT2D eigenvalue weighted by Gasteiger charge is 2.29. The molecule has 0 bridgehead atoms. The number of aromatic nitrogens is 2. The Morgan fingerprint density at radius 1 is 1.28 bits per heavy atom. The standard InChI is InChI=1S/C17H24N4O3S/c1-12(19-25(3,23)24)17(22)21-10-8-13(9-11-21)16-18-14-6-4-5-7-15(14)20(16)2/h4-7,12-13,19H,8-11H2,1-3H3/t12-/m1/s1. The third-order valence-corrected chi connectivity index (χ3v) is 5.54. The summed E-state index contributed by atoms with van der Waals surface area (Å²) in [6, 6.07) is 7.32. The molecule has 1 atom stereocenters. The minimum atomic E-state index is -3.39. The lowest BCUT2D eigenvalue weighted by Gasteiger charge is -2.33. The number of nitrogens with zero attached hydrogens (tertiary/aromatic N) is 3. The van der Waals surface area contributed by atoms with E-state index in [4.69, 9.17) is 4.98 Å². The number of imidazole rings is 1. The molecular weight excluding hydrogens is 340 g/mol. The van der Waals surface area contributed by atoms with Crippen molar-refractivity contribution in [3.8, 4) is 0 Å². The first-order valence-corrected chi connectivity index (χ1v) is 10.3. The Morgan fingerprint density at radius 2 is 1.92 bits per heavy atom. The highest BCUT2D eigenvalue weighted by atomic mass is 32.2. The maximum Gasteiger partial charge on any atom is 0.240 e. The molecule has 1 N–H and O–H groups in total. The molecule has 25 heavy (non-hydrogen) atoms. The van der Waals surface area contributed by atoms with Gasteiger partial charge in [0.2, 0.25) is 15.9 Å². The molecule has 1 aromatic heterocycles. The summed E-state index contributed by atoms with van der Waals surface area (Å²) in [4.78, 5) is 18.9. The lowest BCUT2D eigenvalue weighted by Crippen LogP contribution is -2.49. The van der Waals surface area contributed by atoms with Crippen molar-refractivity contribution in [2.75, 3.05) is 19.3 Å². The van der Waals surface area contributed by atoms with Gasteiger partial charge in [0.1, 0.15) is 5.82 Å². The fourth-order valence-corrected chi connectivity index (χ4v) is 4.28. The van der Waals surface area contributed by atoms with E-state index in [2.05, 4.69) is 15.4 Å². The molecule has 8 heteroatoms. The number of hydrogen-bond donors (Lipinski definition) is 1. The maximum absolute atomic E-state index is 12.4. The number of hydrogen-bond acceptors (Lipinski definition) is 4. The number of amides is 1. The molecular formula is C17H24N4O3S. The van der Waals surface area contributed by atoms with Crippen molar-refractivity contribution < 1.29 is 13.2 Å². The van der Waals surface area contributed by atoms with Crippen LogP contribution >= 0.6 is 0 Å². The van der Waals surface area contributed by atoms with Crippen LogP contribution in [0.15, 0.2) is 24.3 Å². The number of carbonyl (C=O) groups is 1. The van der Waals surface area contributed by atoms with Crippen molar-refractivity contribution in [1.29, 1.82) is 0 Å². The highest BCUT2D eigenvalue weighted by Crippen LogP contribution is 2.29. The van der Waals surface area contributed by atoms with Gasteiger partial charge in [-0.3, -0.25) is 4.79 Å². The minimum Gasteiger partial charge on any atom is -0.341 e. The van der Waals surface area contributed by atoms with Crippen molar-refractivity contribution in [1.82, 2.24) is 19.2 Å². The molecule has 136 valence electrons. The van der Waals surface area contributed by atoms with E-state index in [0.717, 1.165) is 36.0 Å². The van der Waals surface area contributed by atoms with Gasteiger partial charge in [-0.25, -0.2) is 18.1 Å². The Labute approximate surface area is 148 Å². The van der Waals surface area contributed by atoms with Crippen LogP contribution < -0.4 is 4.72 Å². The fraction of sp³-hybridized carbons (Fsp3) is 0.529. The molecule has 3 rings (SSSR count). The van der Waals surface area contributed by atoms with Gasteiger partial charge in [0.05, 0.1) is 23.3 Å². The number of rotatable bonds is 4. The summed E-state index contributed by atoms with van der Waals surface area (Å²) in [5, 5.41) is 0. The summed E-state index contributed by atoms with van der Waals surface area (Å²) < 4.78 is 27.1. The molecule has 1 amide bonds. The molecule has 0 aliphatic carbocycles. The lowest BCUT2D eigenvalue weighted by atomic mass is 9.95. The number of sulfonamides is 1. The normalized spacial score (nSPS) is 17.8. The number of carbonyl (C=O) groups excluding carboxylic acids is 1. The first-order chi connectivity index (χ1) is 11.8. The topological polar surface area (TPSA) is 84.3 Å². The van der Waals surface area contributed by atoms with Crippen LogP contribution in [-0.2, 0) is 21.9 Å². The molecule has 0 radical (unpaired) electrons. The largest absolute Gasteiger partial charge is 0.341 e. The van der Waals surface area contributed by atoms with Crippen LogP contribution in [0.2, 0.25) is 0 Å². The molecule has 0 spiro atoms. The predicted octanol–water partition coefficient (Wildman–Crippen LogP) is 1.22. The zero-order valence-corrected chi connectivity index (χ0v) is 15.6. The third-order valence-electron chi connectivity index (χ3n) is 4.75. The number of piperidine rings is 1. The second-order valence-corrected chi connectivity index (χ2v) is 8.51. The van der Waals surface area contributed by atoms with Gasteiger partial charge >= 0.3 is 0 Å². The Balaban J connectivity index is 1.67. The molecule has 7 nitrogen and oxygen atoms in total. The van der Waals surface area contributed by atoms with Crippen LogP contribution in [-0.4, -0.2) is 54.2 Å². The molecule has 2 aromatic rings. The van der Waals surface area contributed by atoms with E-state index in [1.165, 1.54) is 0 Å². The van der Waals surface area contributed by atoms with Gasteiger partial charge in [-0.1, -0.05) is 12.1 Å². The van der Waals surface area contributed by atoms with E-state index in [-0.39, 0.29) is 5.91 Å². The summed E-state index contributed by atoms with van der Waals surface area (Å²) in [5.41, 5.74) is 2.10. The summed E-state index contributed by atoms with van der Waals surface area (Å²) >= 11 is 0. The third kappa shape index (κ3) is 3.85. The van der Waals surface area contributed by atoms with Crippen LogP contribution in [0.3, 0.4) is 0 Å². The minimum absolute atomic E-state index is 0.172. The van der Waals surface area contributed by atoms with Gasteiger partial charge in [0.25, 0.3) is 0 Å². The first kappa shape index (κ1) is 17.9. The molecule has 1 aliphatic rings. The smallest absolute Gasteiger partial charge is 0.240 e. The van der Waals surface area contributed by atoms with Gasteiger partial charge in [-0.05, 0) is 31.9 Å². The van der Waals surface area contributed by atoms with Gasteiger partial charge in [-0.2, -0.15) is 0 Å². The van der Waals surface area contributed by atoms with E-state index >= 15 is 0 Å². The fourth-order valence-electron chi connectivity index (χ4n) is 3.53. The van der Waals surface area contributed by atoms with Crippen LogP contribution in [0.25, 0.3) is 11.0 Å². The van der Waals surface area contributed by atoms with Crippen LogP contribution in [0.1, 0.15) is 31.5 Å². The monoisotopic (exact) mass is 364 g/mol. The molecule has 1 aliphatic heterocycles. The van der Waals surface area contributed by atoms with Crippen LogP contribution in [0, 0.1) is 0 Å². The van der Waals surface area contributed by atoms with E-state index in [0.29, 0.717) is 19.0 Å². The molecule has 0 saturated carbocycles. The van der Waals surface area contributed by atoms with E-state index in [1.807, 2.05) is 25.2 Å². The Hall–Kier alpha value is -1.93. The molecule has 1 saturated heterocycles. The number of benzene rings is 1.